The van der Waals surface area contributed by atoms with Crippen LogP contribution in [0.15, 0.2) is 54.0 Å². The first-order valence-electron chi connectivity index (χ1n) is 10.3. The summed E-state index contributed by atoms with van der Waals surface area (Å²) in [6.45, 7) is 6.49. The second kappa shape index (κ2) is 9.16. The number of nitrogens with two attached hydrogens (primary N) is 1. The fourth-order valence-corrected chi connectivity index (χ4v) is 4.15. The van der Waals surface area contributed by atoms with Gasteiger partial charge in [0.25, 0.3) is 0 Å². The molecular formula is C25H30N2O3. The molecule has 1 amide bonds. The highest BCUT2D eigenvalue weighted by atomic mass is 16.5. The molecule has 1 saturated carbocycles. The van der Waals surface area contributed by atoms with Crippen LogP contribution in [0, 0.1) is 0 Å². The molecular weight excluding hydrogens is 376 g/mol. The van der Waals surface area contributed by atoms with E-state index < -0.39 is 5.91 Å². The number of rotatable bonds is 6. The summed E-state index contributed by atoms with van der Waals surface area (Å²) >= 11 is 0. The summed E-state index contributed by atoms with van der Waals surface area (Å²) in [5.41, 5.74) is 9.34. The number of benzene rings is 2. The lowest BCUT2D eigenvalue weighted by molar-refractivity contribution is 0.100. The van der Waals surface area contributed by atoms with Crippen molar-refractivity contribution >= 4 is 17.5 Å². The van der Waals surface area contributed by atoms with Crippen LogP contribution in [0.2, 0.25) is 0 Å². The standard InChI is InChI=1S/C25H30N2O3/c1-17(27-24(30-4)19-10-8-18(9-11-19)23(26)28)20-12-13-22(29-3)21(16-20)25(2)14-6-5-7-15-25/h8-13,16H,1,5-7,14-15H2,2-4H3,(H2,26,28). The minimum Gasteiger partial charge on any atom is -0.496 e. The number of hydrogen-bond acceptors (Lipinski definition) is 4. The Balaban J connectivity index is 1.93. The van der Waals surface area contributed by atoms with Gasteiger partial charge < -0.3 is 15.2 Å². The van der Waals surface area contributed by atoms with Crippen molar-refractivity contribution in [3.63, 3.8) is 0 Å². The van der Waals surface area contributed by atoms with E-state index in [2.05, 4.69) is 24.6 Å². The van der Waals surface area contributed by atoms with Gasteiger partial charge in [-0.1, -0.05) is 32.8 Å². The summed E-state index contributed by atoms with van der Waals surface area (Å²) in [5.74, 6) is 0.870. The highest BCUT2D eigenvalue weighted by molar-refractivity contribution is 5.99. The molecule has 0 bridgehead atoms. The van der Waals surface area contributed by atoms with Crippen LogP contribution in [0.3, 0.4) is 0 Å². The second-order valence-electron chi connectivity index (χ2n) is 8.05. The number of ether oxygens (including phenoxy) is 2. The fourth-order valence-electron chi connectivity index (χ4n) is 4.15. The minimum atomic E-state index is -0.469. The van der Waals surface area contributed by atoms with Crippen molar-refractivity contribution in [2.45, 2.75) is 44.4 Å². The van der Waals surface area contributed by atoms with Gasteiger partial charge in [0.05, 0.1) is 19.9 Å². The Morgan fingerprint density at radius 3 is 2.17 bits per heavy atom. The third kappa shape index (κ3) is 4.56. The van der Waals surface area contributed by atoms with Gasteiger partial charge in [0.2, 0.25) is 11.8 Å². The normalized spacial score (nSPS) is 16.0. The number of amides is 1. The van der Waals surface area contributed by atoms with Crippen molar-refractivity contribution < 1.29 is 14.3 Å². The largest absolute Gasteiger partial charge is 0.496 e. The number of hydrogen-bond donors (Lipinski definition) is 1. The van der Waals surface area contributed by atoms with E-state index in [1.807, 2.05) is 12.1 Å². The summed E-state index contributed by atoms with van der Waals surface area (Å²) in [4.78, 5) is 15.9. The Kier molecular flexibility index (Phi) is 6.60. The van der Waals surface area contributed by atoms with Crippen molar-refractivity contribution in [2.24, 2.45) is 10.7 Å². The average Bonchev–Trinajstić information content (AvgIpc) is 2.77. The number of carbonyl (C=O) groups excluding carboxylic acids is 1. The third-order valence-corrected chi connectivity index (χ3v) is 5.99. The van der Waals surface area contributed by atoms with Crippen molar-refractivity contribution in [3.8, 4) is 5.75 Å². The van der Waals surface area contributed by atoms with Gasteiger partial charge in [-0.25, -0.2) is 4.99 Å². The van der Waals surface area contributed by atoms with Crippen LogP contribution in [0.1, 0.15) is 66.1 Å². The average molecular weight is 407 g/mol. The van der Waals surface area contributed by atoms with E-state index in [1.54, 1.807) is 38.5 Å². The minimum absolute atomic E-state index is 0.0955. The molecule has 3 rings (SSSR count). The molecule has 0 aliphatic heterocycles. The molecule has 0 saturated heterocycles. The third-order valence-electron chi connectivity index (χ3n) is 5.99. The van der Waals surface area contributed by atoms with E-state index in [0.29, 0.717) is 17.2 Å². The molecule has 0 atom stereocenters. The molecule has 0 radical (unpaired) electrons. The number of primary amides is 1. The zero-order chi connectivity index (χ0) is 21.7. The number of methoxy groups -OCH3 is 2. The second-order valence-corrected chi connectivity index (χ2v) is 8.05. The monoisotopic (exact) mass is 406 g/mol. The van der Waals surface area contributed by atoms with Crippen LogP contribution in [0.25, 0.3) is 5.70 Å². The Hall–Kier alpha value is -3.08. The van der Waals surface area contributed by atoms with Crippen LogP contribution in [-0.2, 0) is 10.2 Å². The predicted octanol–water partition coefficient (Wildman–Crippen LogP) is 5.08. The lowest BCUT2D eigenvalue weighted by Gasteiger charge is -2.35. The summed E-state index contributed by atoms with van der Waals surface area (Å²) in [5, 5.41) is 0. The molecule has 5 nitrogen and oxygen atoms in total. The molecule has 5 heteroatoms. The van der Waals surface area contributed by atoms with E-state index >= 15 is 0 Å². The van der Waals surface area contributed by atoms with Crippen LogP contribution >= 0.6 is 0 Å². The highest BCUT2D eigenvalue weighted by Gasteiger charge is 2.31. The van der Waals surface area contributed by atoms with Gasteiger partial charge in [0.15, 0.2) is 0 Å². The molecule has 1 aliphatic rings. The Morgan fingerprint density at radius 2 is 1.60 bits per heavy atom. The molecule has 1 fully saturated rings. The number of aliphatic imine (C=N–C) groups is 1. The maximum Gasteiger partial charge on any atom is 0.248 e. The topological polar surface area (TPSA) is 73.9 Å². The van der Waals surface area contributed by atoms with E-state index in [1.165, 1.54) is 24.8 Å². The number of nitrogens with zero attached hydrogens (tertiary/aromatic N) is 1. The SMILES string of the molecule is C=C(N=C(OC)c1ccc(C(N)=O)cc1)c1ccc(OC)c(C2(C)CCCCC2)c1. The molecule has 30 heavy (non-hydrogen) atoms. The zero-order valence-corrected chi connectivity index (χ0v) is 18.0. The summed E-state index contributed by atoms with van der Waals surface area (Å²) in [7, 11) is 3.28. The zero-order valence-electron chi connectivity index (χ0n) is 18.0. The van der Waals surface area contributed by atoms with Gasteiger partial charge in [0, 0.05) is 22.3 Å². The molecule has 2 aromatic carbocycles. The van der Waals surface area contributed by atoms with E-state index in [0.717, 1.165) is 29.7 Å². The van der Waals surface area contributed by atoms with Gasteiger partial charge in [-0.3, -0.25) is 4.79 Å². The van der Waals surface area contributed by atoms with E-state index in [4.69, 9.17) is 15.2 Å². The Morgan fingerprint density at radius 1 is 1.00 bits per heavy atom. The molecule has 1 aliphatic carbocycles. The van der Waals surface area contributed by atoms with Gasteiger partial charge in [-0.15, -0.1) is 0 Å². The Bertz CT molecular complexity index is 955. The molecule has 2 aromatic rings. The van der Waals surface area contributed by atoms with E-state index in [-0.39, 0.29) is 5.41 Å². The van der Waals surface area contributed by atoms with Crippen LogP contribution < -0.4 is 10.5 Å². The molecule has 2 N–H and O–H groups in total. The lowest BCUT2D eigenvalue weighted by atomic mass is 9.70. The van der Waals surface area contributed by atoms with Crippen LogP contribution in [-0.4, -0.2) is 26.0 Å². The lowest BCUT2D eigenvalue weighted by Crippen LogP contribution is -2.25. The van der Waals surface area contributed by atoms with Crippen molar-refractivity contribution in [2.75, 3.05) is 14.2 Å². The predicted molar refractivity (Wildman–Crippen MR) is 121 cm³/mol. The van der Waals surface area contributed by atoms with Crippen molar-refractivity contribution in [3.05, 3.63) is 71.3 Å². The van der Waals surface area contributed by atoms with Gasteiger partial charge >= 0.3 is 0 Å². The Labute approximate surface area is 178 Å². The first-order valence-corrected chi connectivity index (χ1v) is 10.3. The van der Waals surface area contributed by atoms with Crippen molar-refractivity contribution in [1.29, 1.82) is 0 Å². The molecule has 0 aromatic heterocycles. The maximum absolute atomic E-state index is 11.3. The molecule has 0 unspecified atom stereocenters. The van der Waals surface area contributed by atoms with Gasteiger partial charge in [-0.2, -0.15) is 0 Å². The maximum atomic E-state index is 11.3. The van der Waals surface area contributed by atoms with E-state index in [9.17, 15) is 4.79 Å². The van der Waals surface area contributed by atoms with Gasteiger partial charge in [-0.05, 0) is 60.7 Å². The van der Waals surface area contributed by atoms with Crippen molar-refractivity contribution in [1.82, 2.24) is 0 Å². The quantitative estimate of drug-likeness (QED) is 0.537. The summed E-state index contributed by atoms with van der Waals surface area (Å²) < 4.78 is 11.2. The first kappa shape index (κ1) is 21.6. The highest BCUT2D eigenvalue weighted by Crippen LogP contribution is 2.43. The smallest absolute Gasteiger partial charge is 0.248 e. The molecule has 158 valence electrons. The summed E-state index contributed by atoms with van der Waals surface area (Å²) in [6.07, 6.45) is 6.06. The molecule has 0 spiro atoms. The molecule has 0 heterocycles. The fraction of sp³-hybridized carbons (Fsp3) is 0.360. The summed E-state index contributed by atoms with van der Waals surface area (Å²) in [6, 6.07) is 13.0. The number of carbonyl (C=O) groups is 1. The first-order chi connectivity index (χ1) is 14.4. The van der Waals surface area contributed by atoms with Gasteiger partial charge in [0.1, 0.15) is 5.75 Å². The van der Waals surface area contributed by atoms with Crippen LogP contribution in [0.4, 0.5) is 0 Å². The van der Waals surface area contributed by atoms with Crippen LogP contribution in [0.5, 0.6) is 5.75 Å².